The number of carboxylic acids is 1. The number of carboxylic acid groups (broad SMARTS) is 1. The Labute approximate surface area is 161 Å². The van der Waals surface area contributed by atoms with Crippen LogP contribution in [-0.2, 0) is 16.0 Å². The summed E-state index contributed by atoms with van der Waals surface area (Å²) in [5.74, 6) is 2.46. The molecule has 1 aromatic rings. The maximum absolute atomic E-state index is 12.9. The molecule has 3 aliphatic carbocycles. The minimum atomic E-state index is -0.732. The zero-order valence-corrected chi connectivity index (χ0v) is 16.4. The second-order valence-electron chi connectivity index (χ2n) is 9.03. The van der Waals surface area contributed by atoms with Gasteiger partial charge in [0.25, 0.3) is 0 Å². The van der Waals surface area contributed by atoms with E-state index in [1.165, 1.54) is 11.1 Å². The van der Waals surface area contributed by atoms with Crippen LogP contribution in [0.4, 0.5) is 0 Å². The van der Waals surface area contributed by atoms with E-state index in [1.54, 1.807) is 7.11 Å². The zero-order valence-electron chi connectivity index (χ0n) is 16.4. The quantitative estimate of drug-likeness (QED) is 0.823. The summed E-state index contributed by atoms with van der Waals surface area (Å²) in [4.78, 5) is 23.8. The van der Waals surface area contributed by atoms with E-state index in [-0.39, 0.29) is 11.8 Å². The van der Waals surface area contributed by atoms with Crippen LogP contribution in [-0.4, -0.2) is 24.0 Å². The lowest BCUT2D eigenvalue weighted by atomic mass is 9.54. The number of carbonyl (C=O) groups excluding carboxylic acids is 1. The number of ether oxygens (including phenoxy) is 1. The SMILES string of the molecule is COc1ccc2c(c1)CC[C@H]1[C@@H]3[C@H](CCCC(=O)O)CC(=O)[C@@]3(C)CC[C@H]21. The second-order valence-corrected chi connectivity index (χ2v) is 9.03. The molecule has 27 heavy (non-hydrogen) atoms. The summed E-state index contributed by atoms with van der Waals surface area (Å²) in [7, 11) is 1.71. The van der Waals surface area contributed by atoms with Gasteiger partial charge in [-0.1, -0.05) is 13.0 Å². The summed E-state index contributed by atoms with van der Waals surface area (Å²) in [5, 5.41) is 8.98. The predicted octanol–water partition coefficient (Wildman–Crippen LogP) is 4.60. The van der Waals surface area contributed by atoms with E-state index < -0.39 is 5.97 Å². The Morgan fingerprint density at radius 3 is 2.89 bits per heavy atom. The summed E-state index contributed by atoms with van der Waals surface area (Å²) in [5.41, 5.74) is 2.67. The van der Waals surface area contributed by atoms with Gasteiger partial charge in [-0.3, -0.25) is 9.59 Å². The van der Waals surface area contributed by atoms with Crippen molar-refractivity contribution in [3.05, 3.63) is 29.3 Å². The van der Waals surface area contributed by atoms with E-state index in [0.717, 1.165) is 37.9 Å². The van der Waals surface area contributed by atoms with Crippen molar-refractivity contribution in [3.8, 4) is 5.75 Å². The van der Waals surface area contributed by atoms with Gasteiger partial charge in [-0.15, -0.1) is 0 Å². The number of ketones is 1. The van der Waals surface area contributed by atoms with Gasteiger partial charge in [0, 0.05) is 18.3 Å². The summed E-state index contributed by atoms with van der Waals surface area (Å²) >= 11 is 0. The van der Waals surface area contributed by atoms with E-state index >= 15 is 0 Å². The topological polar surface area (TPSA) is 63.6 Å². The predicted molar refractivity (Wildman–Crippen MR) is 103 cm³/mol. The number of methoxy groups -OCH3 is 1. The first-order valence-electron chi connectivity index (χ1n) is 10.4. The van der Waals surface area contributed by atoms with Crippen LogP contribution >= 0.6 is 0 Å². The lowest BCUT2D eigenvalue weighted by Gasteiger charge is -2.50. The van der Waals surface area contributed by atoms with Crippen LogP contribution < -0.4 is 4.74 Å². The minimum absolute atomic E-state index is 0.195. The van der Waals surface area contributed by atoms with Crippen LogP contribution in [0.1, 0.15) is 68.9 Å². The number of Topliss-reactive ketones (excluding diaryl/α,β-unsaturated/α-hetero) is 1. The highest BCUT2D eigenvalue weighted by Gasteiger charge is 2.58. The fourth-order valence-electron chi connectivity index (χ4n) is 6.53. The van der Waals surface area contributed by atoms with Crippen molar-refractivity contribution in [2.24, 2.45) is 23.2 Å². The van der Waals surface area contributed by atoms with Gasteiger partial charge in [0.1, 0.15) is 11.5 Å². The van der Waals surface area contributed by atoms with Gasteiger partial charge in [0.2, 0.25) is 0 Å². The first-order valence-corrected chi connectivity index (χ1v) is 10.4. The normalized spacial score (nSPS) is 34.5. The van der Waals surface area contributed by atoms with Crippen LogP contribution in [0, 0.1) is 23.2 Å². The molecule has 0 saturated heterocycles. The average Bonchev–Trinajstić information content (AvgIpc) is 2.91. The minimum Gasteiger partial charge on any atom is -0.497 e. The fraction of sp³-hybridized carbons (Fsp3) is 0.652. The molecule has 1 aromatic carbocycles. The van der Waals surface area contributed by atoms with Crippen molar-refractivity contribution in [3.63, 3.8) is 0 Å². The number of carbonyl (C=O) groups is 2. The second kappa shape index (κ2) is 6.96. The number of hydrogen-bond donors (Lipinski definition) is 1. The van der Waals surface area contributed by atoms with Gasteiger partial charge in [-0.05, 0) is 85.5 Å². The Kier molecular flexibility index (Phi) is 4.77. The van der Waals surface area contributed by atoms with E-state index in [9.17, 15) is 9.59 Å². The average molecular weight is 370 g/mol. The Morgan fingerprint density at radius 1 is 1.33 bits per heavy atom. The third-order valence-electron chi connectivity index (χ3n) is 7.74. The van der Waals surface area contributed by atoms with Gasteiger partial charge in [-0.2, -0.15) is 0 Å². The molecule has 0 bridgehead atoms. The van der Waals surface area contributed by atoms with Crippen LogP contribution in [0.5, 0.6) is 5.75 Å². The molecule has 0 aliphatic heterocycles. The first-order chi connectivity index (χ1) is 12.9. The number of aryl methyl sites for hydroxylation is 1. The molecule has 0 spiro atoms. The maximum atomic E-state index is 12.9. The highest BCUT2D eigenvalue weighted by Crippen LogP contribution is 2.62. The molecular weight excluding hydrogens is 340 g/mol. The third kappa shape index (κ3) is 3.07. The molecule has 1 N–H and O–H groups in total. The Hall–Kier alpha value is -1.84. The standard InChI is InChI=1S/C23H30O4/c1-23-11-10-18-17-9-7-16(27-2)12-14(17)6-8-19(18)22(23)15(13-20(23)24)4-3-5-21(25)26/h7,9,12,15,18-19,22H,3-6,8,10-11,13H2,1-2H3,(H,25,26)/t15-,18-,19-,22+,23-/m1/s1. The monoisotopic (exact) mass is 370 g/mol. The largest absolute Gasteiger partial charge is 0.497 e. The number of aliphatic carboxylic acids is 1. The van der Waals surface area contributed by atoms with Gasteiger partial charge in [0.15, 0.2) is 0 Å². The van der Waals surface area contributed by atoms with E-state index in [2.05, 4.69) is 25.1 Å². The molecule has 3 aliphatic rings. The molecule has 2 fully saturated rings. The smallest absolute Gasteiger partial charge is 0.303 e. The lowest BCUT2D eigenvalue weighted by molar-refractivity contribution is -0.137. The van der Waals surface area contributed by atoms with Crippen molar-refractivity contribution >= 4 is 11.8 Å². The molecule has 4 nitrogen and oxygen atoms in total. The molecule has 0 aromatic heterocycles. The van der Waals surface area contributed by atoms with Gasteiger partial charge in [0.05, 0.1) is 7.11 Å². The van der Waals surface area contributed by atoms with E-state index in [4.69, 9.17) is 9.84 Å². The fourth-order valence-corrected chi connectivity index (χ4v) is 6.53. The lowest BCUT2D eigenvalue weighted by Crippen LogP contribution is -2.44. The molecular formula is C23H30O4. The number of fused-ring (bicyclic) bond motifs is 5. The van der Waals surface area contributed by atoms with Crippen LogP contribution in [0.25, 0.3) is 0 Å². The van der Waals surface area contributed by atoms with Gasteiger partial charge in [-0.25, -0.2) is 0 Å². The summed E-state index contributed by atoms with van der Waals surface area (Å²) < 4.78 is 5.40. The molecule has 2 saturated carbocycles. The van der Waals surface area contributed by atoms with Crippen LogP contribution in [0.2, 0.25) is 0 Å². The number of benzene rings is 1. The third-order valence-corrected chi connectivity index (χ3v) is 7.74. The molecule has 4 heteroatoms. The molecule has 0 unspecified atom stereocenters. The van der Waals surface area contributed by atoms with Gasteiger partial charge < -0.3 is 9.84 Å². The highest BCUT2D eigenvalue weighted by atomic mass is 16.5. The summed E-state index contributed by atoms with van der Waals surface area (Å²) in [6.45, 7) is 2.19. The molecule has 146 valence electrons. The first kappa shape index (κ1) is 18.5. The number of hydrogen-bond acceptors (Lipinski definition) is 3. The van der Waals surface area contributed by atoms with Gasteiger partial charge >= 0.3 is 5.97 Å². The maximum Gasteiger partial charge on any atom is 0.303 e. The van der Waals surface area contributed by atoms with Crippen molar-refractivity contribution in [2.45, 2.75) is 64.2 Å². The van der Waals surface area contributed by atoms with Crippen molar-refractivity contribution in [2.75, 3.05) is 7.11 Å². The van der Waals surface area contributed by atoms with Crippen molar-refractivity contribution < 1.29 is 19.4 Å². The molecule has 5 atom stereocenters. The Morgan fingerprint density at radius 2 is 2.15 bits per heavy atom. The molecule has 0 heterocycles. The molecule has 0 radical (unpaired) electrons. The Balaban J connectivity index is 1.61. The summed E-state index contributed by atoms with van der Waals surface area (Å²) in [6, 6.07) is 6.49. The van der Waals surface area contributed by atoms with Crippen LogP contribution in [0.15, 0.2) is 18.2 Å². The highest BCUT2D eigenvalue weighted by molar-refractivity contribution is 5.87. The number of rotatable bonds is 5. The Bertz CT molecular complexity index is 755. The van der Waals surface area contributed by atoms with Crippen molar-refractivity contribution in [1.29, 1.82) is 0 Å². The van der Waals surface area contributed by atoms with Crippen molar-refractivity contribution in [1.82, 2.24) is 0 Å². The summed E-state index contributed by atoms with van der Waals surface area (Å²) in [6.07, 6.45) is 6.67. The molecule has 0 amide bonds. The van der Waals surface area contributed by atoms with Crippen LogP contribution in [0.3, 0.4) is 0 Å². The van der Waals surface area contributed by atoms with E-state index in [0.29, 0.717) is 42.3 Å². The van der Waals surface area contributed by atoms with E-state index in [1.807, 2.05) is 0 Å². The zero-order chi connectivity index (χ0) is 19.2. The molecule has 4 rings (SSSR count).